The molecule has 8 heteroatoms. The first-order valence-corrected chi connectivity index (χ1v) is 10.9. The fraction of sp³-hybridized carbons (Fsp3) is 0.304. The Bertz CT molecular complexity index is 1150. The number of amides is 2. The minimum atomic E-state index is -0.185. The number of aromatic nitrogens is 2. The molecule has 0 radical (unpaired) electrons. The van der Waals surface area contributed by atoms with Crippen LogP contribution in [0.1, 0.15) is 23.9 Å². The van der Waals surface area contributed by atoms with Gasteiger partial charge in [-0.1, -0.05) is 23.5 Å². The Morgan fingerprint density at radius 3 is 2.71 bits per heavy atom. The molecule has 158 valence electrons. The fourth-order valence-corrected chi connectivity index (χ4v) is 4.62. The minimum Gasteiger partial charge on any atom is -0.377 e. The van der Waals surface area contributed by atoms with Crippen molar-refractivity contribution in [2.75, 3.05) is 25.1 Å². The molecule has 0 bridgehead atoms. The van der Waals surface area contributed by atoms with Crippen LogP contribution in [-0.4, -0.2) is 46.7 Å². The molecule has 7 nitrogen and oxygen atoms in total. The number of urea groups is 1. The lowest BCUT2D eigenvalue weighted by Crippen LogP contribution is -2.48. The first-order valence-electron chi connectivity index (χ1n) is 10.1. The normalized spacial score (nSPS) is 16.1. The molecule has 0 aliphatic carbocycles. The summed E-state index contributed by atoms with van der Waals surface area (Å²) in [4.78, 5) is 24.8. The van der Waals surface area contributed by atoms with E-state index in [2.05, 4.69) is 16.4 Å². The maximum absolute atomic E-state index is 12.9. The Morgan fingerprint density at radius 2 is 2.00 bits per heavy atom. The van der Waals surface area contributed by atoms with E-state index in [1.54, 1.807) is 11.0 Å². The van der Waals surface area contributed by atoms with Crippen molar-refractivity contribution >= 4 is 22.5 Å². The molecule has 1 atom stereocenters. The molecule has 1 aromatic carbocycles. The molecule has 2 aromatic heterocycles. The van der Waals surface area contributed by atoms with Gasteiger partial charge in [0.25, 0.3) is 0 Å². The van der Waals surface area contributed by atoms with E-state index in [0.717, 1.165) is 33.1 Å². The number of nitriles is 1. The molecule has 31 heavy (non-hydrogen) atoms. The van der Waals surface area contributed by atoms with Crippen molar-refractivity contribution in [1.82, 2.24) is 14.9 Å². The molecular formula is C23H23N5O2S. The second-order valence-electron chi connectivity index (χ2n) is 7.58. The number of benzene rings is 1. The zero-order valence-electron chi connectivity index (χ0n) is 17.7. The number of aryl methyl sites for hydroxylation is 2. The number of nitrogens with zero attached hydrogens (tertiary/aromatic N) is 4. The van der Waals surface area contributed by atoms with E-state index in [-0.39, 0.29) is 12.1 Å². The number of rotatable bonds is 3. The second-order valence-corrected chi connectivity index (χ2v) is 8.57. The number of nitrogens with one attached hydrogen (secondary N) is 1. The van der Waals surface area contributed by atoms with Gasteiger partial charge in [0.15, 0.2) is 5.13 Å². The molecule has 3 aromatic rings. The van der Waals surface area contributed by atoms with Crippen molar-refractivity contribution in [3.63, 3.8) is 0 Å². The van der Waals surface area contributed by atoms with Gasteiger partial charge in [0.2, 0.25) is 0 Å². The summed E-state index contributed by atoms with van der Waals surface area (Å²) < 4.78 is 5.43. The van der Waals surface area contributed by atoms with Crippen LogP contribution in [0.5, 0.6) is 0 Å². The summed E-state index contributed by atoms with van der Waals surface area (Å²) in [6.45, 7) is 7.48. The van der Waals surface area contributed by atoms with Crippen LogP contribution in [0.25, 0.3) is 21.7 Å². The van der Waals surface area contributed by atoms with Gasteiger partial charge >= 0.3 is 6.03 Å². The topological polar surface area (TPSA) is 91.1 Å². The third-order valence-corrected chi connectivity index (χ3v) is 6.10. The monoisotopic (exact) mass is 433 g/mol. The Hall–Kier alpha value is -3.28. The molecule has 1 saturated heterocycles. The van der Waals surface area contributed by atoms with E-state index in [1.807, 2.05) is 51.1 Å². The van der Waals surface area contributed by atoms with E-state index >= 15 is 0 Å². The predicted molar refractivity (Wildman–Crippen MR) is 121 cm³/mol. The van der Waals surface area contributed by atoms with Crippen LogP contribution in [0.15, 0.2) is 36.4 Å². The summed E-state index contributed by atoms with van der Waals surface area (Å²) in [5.74, 6) is 0. The van der Waals surface area contributed by atoms with Crippen molar-refractivity contribution in [1.29, 1.82) is 5.26 Å². The zero-order valence-corrected chi connectivity index (χ0v) is 18.5. The highest BCUT2D eigenvalue weighted by atomic mass is 32.1. The molecule has 1 aliphatic heterocycles. The smallest absolute Gasteiger partial charge is 0.324 e. The third kappa shape index (κ3) is 4.58. The summed E-state index contributed by atoms with van der Waals surface area (Å²) in [6, 6.07) is 13.4. The average Bonchev–Trinajstić information content (AvgIpc) is 3.17. The average molecular weight is 434 g/mol. The molecule has 2 amide bonds. The Balaban J connectivity index is 1.75. The first kappa shape index (κ1) is 21.0. The lowest BCUT2D eigenvalue weighted by atomic mass is 10.0. The zero-order chi connectivity index (χ0) is 22.0. The van der Waals surface area contributed by atoms with Gasteiger partial charge in [-0.3, -0.25) is 10.3 Å². The summed E-state index contributed by atoms with van der Waals surface area (Å²) >= 11 is 1.42. The van der Waals surface area contributed by atoms with Crippen LogP contribution in [0, 0.1) is 25.2 Å². The number of thiazole rings is 1. The van der Waals surface area contributed by atoms with Gasteiger partial charge in [0.1, 0.15) is 0 Å². The van der Waals surface area contributed by atoms with Crippen LogP contribution < -0.4 is 5.32 Å². The van der Waals surface area contributed by atoms with Gasteiger partial charge in [-0.05, 0) is 50.6 Å². The van der Waals surface area contributed by atoms with E-state index in [4.69, 9.17) is 9.72 Å². The van der Waals surface area contributed by atoms with Gasteiger partial charge in [-0.2, -0.15) is 5.26 Å². The highest BCUT2D eigenvalue weighted by Crippen LogP contribution is 2.39. The molecule has 3 heterocycles. The standard InChI is InChI=1S/C23H23N5O2S/c1-14-9-19(10-15(2)25-14)21-20(18-6-4-5-17(11-18)12-24)26-22(31-21)27-23(29)28-7-8-30-13-16(28)3/h4-6,9-11,16H,7-8,13H2,1-3H3,(H,26,27,29). The molecule has 1 aliphatic rings. The number of pyridine rings is 1. The lowest BCUT2D eigenvalue weighted by Gasteiger charge is -2.32. The van der Waals surface area contributed by atoms with Crippen molar-refractivity contribution < 1.29 is 9.53 Å². The van der Waals surface area contributed by atoms with Gasteiger partial charge in [0, 0.05) is 23.5 Å². The number of ether oxygens (including phenoxy) is 1. The van der Waals surface area contributed by atoms with Gasteiger partial charge < -0.3 is 9.64 Å². The van der Waals surface area contributed by atoms with Crippen LogP contribution in [0.3, 0.4) is 0 Å². The molecule has 1 fully saturated rings. The van der Waals surface area contributed by atoms with Crippen LogP contribution in [0.2, 0.25) is 0 Å². The quantitative estimate of drug-likeness (QED) is 0.651. The molecular weight excluding hydrogens is 410 g/mol. The lowest BCUT2D eigenvalue weighted by molar-refractivity contribution is 0.0222. The molecule has 1 unspecified atom stereocenters. The van der Waals surface area contributed by atoms with Crippen molar-refractivity contribution in [2.24, 2.45) is 0 Å². The van der Waals surface area contributed by atoms with Gasteiger partial charge in [-0.15, -0.1) is 0 Å². The predicted octanol–water partition coefficient (Wildman–Crippen LogP) is 4.61. The number of anilines is 1. The SMILES string of the molecule is Cc1cc(-c2sc(NC(=O)N3CCOCC3C)nc2-c2cccc(C#N)c2)cc(C)n1. The van der Waals surface area contributed by atoms with E-state index in [1.165, 1.54) is 11.3 Å². The Labute approximate surface area is 185 Å². The summed E-state index contributed by atoms with van der Waals surface area (Å²) in [5, 5.41) is 12.8. The number of carbonyl (C=O) groups is 1. The van der Waals surface area contributed by atoms with Gasteiger partial charge in [0.05, 0.1) is 41.5 Å². The number of hydrogen-bond donors (Lipinski definition) is 1. The Morgan fingerprint density at radius 1 is 1.23 bits per heavy atom. The second kappa shape index (κ2) is 8.84. The minimum absolute atomic E-state index is 0.00506. The van der Waals surface area contributed by atoms with E-state index in [0.29, 0.717) is 30.5 Å². The van der Waals surface area contributed by atoms with E-state index < -0.39 is 0 Å². The van der Waals surface area contributed by atoms with E-state index in [9.17, 15) is 10.1 Å². The Kier molecular flexibility index (Phi) is 5.98. The van der Waals surface area contributed by atoms with Crippen molar-refractivity contribution in [3.05, 3.63) is 53.3 Å². The molecule has 0 saturated carbocycles. The van der Waals surface area contributed by atoms with Crippen LogP contribution in [0.4, 0.5) is 9.93 Å². The van der Waals surface area contributed by atoms with Crippen molar-refractivity contribution in [2.45, 2.75) is 26.8 Å². The maximum atomic E-state index is 12.9. The summed E-state index contributed by atoms with van der Waals surface area (Å²) in [5.41, 5.74) is 4.93. The number of morpholine rings is 1. The summed E-state index contributed by atoms with van der Waals surface area (Å²) in [6.07, 6.45) is 0. The third-order valence-electron chi connectivity index (χ3n) is 5.08. The number of carbonyl (C=O) groups excluding carboxylic acids is 1. The number of hydrogen-bond acceptors (Lipinski definition) is 6. The summed E-state index contributed by atoms with van der Waals surface area (Å²) in [7, 11) is 0. The molecule has 1 N–H and O–H groups in total. The highest BCUT2D eigenvalue weighted by Gasteiger charge is 2.25. The molecule has 0 spiro atoms. The fourth-order valence-electron chi connectivity index (χ4n) is 3.66. The van der Waals surface area contributed by atoms with Crippen molar-refractivity contribution in [3.8, 4) is 27.8 Å². The van der Waals surface area contributed by atoms with Crippen LogP contribution in [-0.2, 0) is 4.74 Å². The van der Waals surface area contributed by atoms with Gasteiger partial charge in [-0.25, -0.2) is 9.78 Å². The largest absolute Gasteiger partial charge is 0.377 e. The first-order chi connectivity index (χ1) is 14.9. The molecule has 4 rings (SSSR count). The maximum Gasteiger partial charge on any atom is 0.324 e. The van der Waals surface area contributed by atoms with Crippen LogP contribution >= 0.6 is 11.3 Å². The highest BCUT2D eigenvalue weighted by molar-refractivity contribution is 7.19.